The van der Waals surface area contributed by atoms with Crippen LogP contribution in [-0.4, -0.2) is 28.4 Å². The number of amides is 2. The second kappa shape index (κ2) is 7.81. The molecule has 1 fully saturated rings. The van der Waals surface area contributed by atoms with Gasteiger partial charge in [0.05, 0.1) is 22.4 Å². The number of benzene rings is 2. The van der Waals surface area contributed by atoms with Crippen LogP contribution in [0.25, 0.3) is 17.0 Å². The number of nitrogens with zero attached hydrogens (tertiary/aromatic N) is 1. The Kier molecular flexibility index (Phi) is 5.21. The van der Waals surface area contributed by atoms with Crippen molar-refractivity contribution in [2.24, 2.45) is 0 Å². The summed E-state index contributed by atoms with van der Waals surface area (Å²) >= 11 is 3.98. The molecule has 0 radical (unpaired) electrons. The van der Waals surface area contributed by atoms with E-state index < -0.39 is 11.1 Å². The van der Waals surface area contributed by atoms with Crippen molar-refractivity contribution in [3.05, 3.63) is 85.5 Å². The summed E-state index contributed by atoms with van der Waals surface area (Å²) in [5.41, 5.74) is 0.687. The molecule has 2 aromatic carbocycles. The van der Waals surface area contributed by atoms with Crippen LogP contribution in [-0.2, 0) is 4.79 Å². The van der Waals surface area contributed by atoms with Crippen molar-refractivity contribution in [3.63, 3.8) is 0 Å². The molecule has 8 heteroatoms. The smallest absolute Gasteiger partial charge is 0.293 e. The number of para-hydroxylation sites is 1. The Labute approximate surface area is 177 Å². The van der Waals surface area contributed by atoms with Crippen LogP contribution in [0, 0.1) is 0 Å². The molecule has 2 heterocycles. The lowest BCUT2D eigenvalue weighted by atomic mass is 10.1. The van der Waals surface area contributed by atoms with Gasteiger partial charge in [-0.1, -0.05) is 40.2 Å². The summed E-state index contributed by atoms with van der Waals surface area (Å²) in [4.78, 5) is 50.9. The van der Waals surface area contributed by atoms with Crippen molar-refractivity contribution in [1.29, 1.82) is 0 Å². The highest BCUT2D eigenvalue weighted by Gasteiger charge is 2.36. The lowest BCUT2D eigenvalue weighted by molar-refractivity contribution is -0.122. The zero-order chi connectivity index (χ0) is 20.5. The van der Waals surface area contributed by atoms with E-state index in [-0.39, 0.29) is 28.2 Å². The topological polar surface area (TPSA) is 84.7 Å². The summed E-state index contributed by atoms with van der Waals surface area (Å²) in [6, 6.07) is 13.4. The van der Waals surface area contributed by atoms with Crippen LogP contribution in [0.1, 0.15) is 15.9 Å². The van der Waals surface area contributed by atoms with Crippen LogP contribution in [0.5, 0.6) is 0 Å². The Morgan fingerprint density at radius 1 is 1.07 bits per heavy atom. The first-order valence-electron chi connectivity index (χ1n) is 8.49. The van der Waals surface area contributed by atoms with E-state index in [0.29, 0.717) is 28.3 Å². The molecule has 0 saturated carbocycles. The monoisotopic (exact) mass is 469 g/mol. The molecular weight excluding hydrogens is 458 g/mol. The van der Waals surface area contributed by atoms with Crippen molar-refractivity contribution in [2.75, 3.05) is 6.54 Å². The van der Waals surface area contributed by atoms with E-state index >= 15 is 0 Å². The van der Waals surface area contributed by atoms with Crippen molar-refractivity contribution >= 4 is 61.7 Å². The molecule has 0 atom stereocenters. The molecule has 144 valence electrons. The van der Waals surface area contributed by atoms with E-state index in [4.69, 9.17) is 4.42 Å². The summed E-state index contributed by atoms with van der Waals surface area (Å²) in [6.07, 6.45) is 2.58. The predicted octanol–water partition coefficient (Wildman–Crippen LogP) is 4.47. The van der Waals surface area contributed by atoms with E-state index in [1.807, 2.05) is 0 Å². The maximum Gasteiger partial charge on any atom is 0.293 e. The van der Waals surface area contributed by atoms with Crippen LogP contribution < -0.4 is 5.43 Å². The predicted molar refractivity (Wildman–Crippen MR) is 114 cm³/mol. The zero-order valence-electron chi connectivity index (χ0n) is 14.8. The third-order valence-electron chi connectivity index (χ3n) is 4.33. The Balaban J connectivity index is 1.59. The zero-order valence-corrected chi connectivity index (χ0v) is 17.2. The molecule has 1 saturated heterocycles. The normalized spacial score (nSPS) is 15.5. The van der Waals surface area contributed by atoms with Crippen LogP contribution in [0.3, 0.4) is 0 Å². The van der Waals surface area contributed by atoms with Gasteiger partial charge in [0.1, 0.15) is 11.8 Å². The summed E-state index contributed by atoms with van der Waals surface area (Å²) in [5, 5.41) is -0.178. The first-order chi connectivity index (χ1) is 13.9. The van der Waals surface area contributed by atoms with Gasteiger partial charge in [0.25, 0.3) is 11.1 Å². The number of Topliss-reactive ketones (excluding diaryl/α,β-unsaturated/α-hetero) is 1. The molecule has 29 heavy (non-hydrogen) atoms. The van der Waals surface area contributed by atoms with Gasteiger partial charge in [0, 0.05) is 10.0 Å². The van der Waals surface area contributed by atoms with Gasteiger partial charge in [-0.3, -0.25) is 24.1 Å². The highest BCUT2D eigenvalue weighted by molar-refractivity contribution is 9.10. The molecule has 2 amide bonds. The van der Waals surface area contributed by atoms with Crippen LogP contribution >= 0.6 is 27.7 Å². The van der Waals surface area contributed by atoms with Gasteiger partial charge in [0.15, 0.2) is 11.2 Å². The van der Waals surface area contributed by atoms with Gasteiger partial charge in [-0.05, 0) is 42.1 Å². The fourth-order valence-corrected chi connectivity index (χ4v) is 3.93. The minimum Gasteiger partial charge on any atom is -0.463 e. The first-order valence-corrected chi connectivity index (χ1v) is 10.1. The molecule has 1 aliphatic rings. The van der Waals surface area contributed by atoms with E-state index in [0.717, 1.165) is 9.37 Å². The third-order valence-corrected chi connectivity index (χ3v) is 5.77. The number of fused-ring (bicyclic) bond motifs is 1. The summed E-state index contributed by atoms with van der Waals surface area (Å²) in [6.45, 7) is -0.365. The molecule has 0 unspecified atom stereocenters. The van der Waals surface area contributed by atoms with Gasteiger partial charge >= 0.3 is 0 Å². The number of halogens is 1. The van der Waals surface area contributed by atoms with Crippen LogP contribution in [0.2, 0.25) is 0 Å². The number of carbonyl (C=O) groups is 3. The third kappa shape index (κ3) is 3.81. The number of imide groups is 1. The Hall–Kier alpha value is -2.97. The average Bonchev–Trinajstić information content (AvgIpc) is 2.98. The van der Waals surface area contributed by atoms with E-state index in [1.165, 1.54) is 12.3 Å². The van der Waals surface area contributed by atoms with Crippen molar-refractivity contribution in [1.82, 2.24) is 4.90 Å². The number of ketones is 1. The molecule has 3 aromatic rings. The van der Waals surface area contributed by atoms with Gasteiger partial charge in [-0.2, -0.15) is 0 Å². The fourth-order valence-electron chi connectivity index (χ4n) is 2.84. The lowest BCUT2D eigenvalue weighted by Crippen LogP contribution is -2.33. The summed E-state index contributed by atoms with van der Waals surface area (Å²) in [7, 11) is 0. The first kappa shape index (κ1) is 19.4. The second-order valence-electron chi connectivity index (χ2n) is 6.21. The molecule has 1 aliphatic heterocycles. The average molecular weight is 470 g/mol. The Morgan fingerprint density at radius 2 is 1.79 bits per heavy atom. The molecule has 0 N–H and O–H groups in total. The van der Waals surface area contributed by atoms with Crippen molar-refractivity contribution in [2.45, 2.75) is 0 Å². The highest BCUT2D eigenvalue weighted by Crippen LogP contribution is 2.32. The quantitative estimate of drug-likeness (QED) is 0.413. The van der Waals surface area contributed by atoms with Gasteiger partial charge in [0.2, 0.25) is 0 Å². The van der Waals surface area contributed by atoms with Crippen LogP contribution in [0.15, 0.2) is 73.4 Å². The maximum absolute atomic E-state index is 12.6. The maximum atomic E-state index is 12.6. The lowest BCUT2D eigenvalue weighted by Gasteiger charge is -2.11. The standard InChI is InChI=1S/C21H12BrNO5S/c22-14-7-5-12(6-8-14)16(24)10-23-20(26)18(29-21(23)27)9-13-11-28-17-4-2-1-3-15(17)19(13)25/h1-9,11H,10H2/b18-9+. The SMILES string of the molecule is O=C(CN1C(=O)S/C(=C/c2coc3ccccc3c2=O)C1=O)c1ccc(Br)cc1. The van der Waals surface area contributed by atoms with Gasteiger partial charge in [-0.15, -0.1) is 0 Å². The van der Waals surface area contributed by atoms with Crippen molar-refractivity contribution < 1.29 is 18.8 Å². The Morgan fingerprint density at radius 3 is 2.55 bits per heavy atom. The number of rotatable bonds is 4. The number of hydrogen-bond donors (Lipinski definition) is 0. The molecule has 1 aromatic heterocycles. The number of thioether (sulfide) groups is 1. The van der Waals surface area contributed by atoms with E-state index in [1.54, 1.807) is 48.5 Å². The molecule has 0 aliphatic carbocycles. The highest BCUT2D eigenvalue weighted by atomic mass is 79.9. The Bertz CT molecular complexity index is 1250. The van der Waals surface area contributed by atoms with E-state index in [2.05, 4.69) is 15.9 Å². The van der Waals surface area contributed by atoms with Crippen LogP contribution in [0.4, 0.5) is 4.79 Å². The molecule has 0 bridgehead atoms. The molecule has 0 spiro atoms. The molecule has 4 rings (SSSR count). The minimum atomic E-state index is -0.613. The fraction of sp³-hybridized carbons (Fsp3) is 0.0476. The van der Waals surface area contributed by atoms with Gasteiger partial charge < -0.3 is 4.42 Å². The summed E-state index contributed by atoms with van der Waals surface area (Å²) < 4.78 is 6.25. The molecule has 6 nitrogen and oxygen atoms in total. The largest absolute Gasteiger partial charge is 0.463 e. The van der Waals surface area contributed by atoms with Crippen molar-refractivity contribution in [3.8, 4) is 0 Å². The second-order valence-corrected chi connectivity index (χ2v) is 8.12. The number of hydrogen-bond acceptors (Lipinski definition) is 6. The minimum absolute atomic E-state index is 0.0705. The molecular formula is C21H12BrNO5S. The van der Waals surface area contributed by atoms with E-state index in [9.17, 15) is 19.2 Å². The number of carbonyl (C=O) groups excluding carboxylic acids is 3. The summed E-state index contributed by atoms with van der Waals surface area (Å²) in [5.74, 6) is -0.968. The van der Waals surface area contributed by atoms with Gasteiger partial charge in [-0.25, -0.2) is 0 Å².